The first-order valence-electron chi connectivity index (χ1n) is 6.60. The van der Waals surface area contributed by atoms with Gasteiger partial charge < -0.3 is 5.73 Å². The fraction of sp³-hybridized carbons (Fsp3) is 0.538. The zero-order chi connectivity index (χ0) is 14.5. The molecule has 3 atom stereocenters. The van der Waals surface area contributed by atoms with Gasteiger partial charge in [-0.25, -0.2) is 17.2 Å². The summed E-state index contributed by atoms with van der Waals surface area (Å²) < 4.78 is 53.0. The van der Waals surface area contributed by atoms with Crippen molar-refractivity contribution in [1.82, 2.24) is 4.31 Å². The van der Waals surface area contributed by atoms with Gasteiger partial charge in [-0.15, -0.1) is 0 Å². The highest BCUT2D eigenvalue weighted by Gasteiger charge is 2.45. The molecule has 1 saturated heterocycles. The van der Waals surface area contributed by atoms with Crippen LogP contribution in [0.25, 0.3) is 0 Å². The lowest BCUT2D eigenvalue weighted by atomic mass is 9.98. The van der Waals surface area contributed by atoms with Crippen molar-refractivity contribution in [3.05, 3.63) is 29.8 Å². The van der Waals surface area contributed by atoms with Gasteiger partial charge in [-0.3, -0.25) is 0 Å². The highest BCUT2D eigenvalue weighted by atomic mass is 32.2. The molecule has 0 aromatic heterocycles. The number of fused-ring (bicyclic) bond motifs is 1. The molecule has 1 saturated carbocycles. The van der Waals surface area contributed by atoms with Crippen LogP contribution < -0.4 is 5.73 Å². The van der Waals surface area contributed by atoms with Gasteiger partial charge in [0.25, 0.3) is 0 Å². The quantitative estimate of drug-likeness (QED) is 0.896. The zero-order valence-electron chi connectivity index (χ0n) is 10.8. The summed E-state index contributed by atoms with van der Waals surface area (Å²) in [6.45, 7) is 0.640. The zero-order valence-corrected chi connectivity index (χ0v) is 11.6. The third-order valence-electron chi connectivity index (χ3n) is 4.39. The van der Waals surface area contributed by atoms with Crippen LogP contribution in [-0.4, -0.2) is 31.9 Å². The fourth-order valence-electron chi connectivity index (χ4n) is 3.28. The van der Waals surface area contributed by atoms with Gasteiger partial charge in [-0.05, 0) is 42.9 Å². The third kappa shape index (κ3) is 2.13. The Balaban J connectivity index is 1.92. The van der Waals surface area contributed by atoms with E-state index in [1.54, 1.807) is 0 Å². The van der Waals surface area contributed by atoms with Crippen LogP contribution >= 0.6 is 0 Å². The summed E-state index contributed by atoms with van der Waals surface area (Å²) in [6.07, 6.45) is 1.79. The minimum atomic E-state index is -3.99. The monoisotopic (exact) mass is 302 g/mol. The molecule has 2 aliphatic rings. The number of nitrogens with two attached hydrogens (primary N) is 1. The molecule has 110 valence electrons. The van der Waals surface area contributed by atoms with Crippen LogP contribution in [0.15, 0.2) is 23.1 Å². The van der Waals surface area contributed by atoms with Crippen LogP contribution in [0.1, 0.15) is 12.8 Å². The van der Waals surface area contributed by atoms with Crippen LogP contribution in [0.5, 0.6) is 0 Å². The summed E-state index contributed by atoms with van der Waals surface area (Å²) in [5, 5.41) is 0. The Morgan fingerprint density at radius 1 is 1.20 bits per heavy atom. The highest BCUT2D eigenvalue weighted by Crippen LogP contribution is 2.39. The molecule has 1 aliphatic carbocycles. The number of rotatable bonds is 2. The Morgan fingerprint density at radius 2 is 1.95 bits per heavy atom. The van der Waals surface area contributed by atoms with Crippen molar-refractivity contribution < 1.29 is 17.2 Å². The molecular weight excluding hydrogens is 286 g/mol. The van der Waals surface area contributed by atoms with E-state index in [2.05, 4.69) is 0 Å². The lowest BCUT2D eigenvalue weighted by molar-refractivity contribution is 0.423. The molecule has 0 radical (unpaired) electrons. The van der Waals surface area contributed by atoms with Gasteiger partial charge in [-0.1, -0.05) is 0 Å². The molecule has 2 fully saturated rings. The Hall–Kier alpha value is -1.05. The molecular formula is C13H16F2N2O2S. The van der Waals surface area contributed by atoms with Gasteiger partial charge in [0, 0.05) is 19.1 Å². The summed E-state index contributed by atoms with van der Waals surface area (Å²) in [6, 6.07) is 2.48. The van der Waals surface area contributed by atoms with Crippen molar-refractivity contribution >= 4 is 10.0 Å². The van der Waals surface area contributed by atoms with E-state index >= 15 is 0 Å². The van der Waals surface area contributed by atoms with E-state index in [1.807, 2.05) is 0 Å². The van der Waals surface area contributed by atoms with Gasteiger partial charge in [-0.2, -0.15) is 4.31 Å². The van der Waals surface area contributed by atoms with Crippen LogP contribution in [0.4, 0.5) is 8.78 Å². The Bertz CT molecular complexity index is 635. The number of sulfonamides is 1. The maximum atomic E-state index is 13.7. The lowest BCUT2D eigenvalue weighted by Gasteiger charge is -2.19. The summed E-state index contributed by atoms with van der Waals surface area (Å²) >= 11 is 0. The molecule has 7 heteroatoms. The van der Waals surface area contributed by atoms with E-state index < -0.39 is 26.6 Å². The van der Waals surface area contributed by atoms with Gasteiger partial charge in [0.1, 0.15) is 16.5 Å². The Labute approximate surface area is 116 Å². The van der Waals surface area contributed by atoms with Crippen molar-refractivity contribution in [3.63, 3.8) is 0 Å². The molecule has 3 rings (SSSR count). The maximum absolute atomic E-state index is 13.7. The van der Waals surface area contributed by atoms with E-state index in [0.717, 1.165) is 31.0 Å². The Kier molecular flexibility index (Phi) is 3.30. The summed E-state index contributed by atoms with van der Waals surface area (Å²) in [4.78, 5) is -0.592. The lowest BCUT2D eigenvalue weighted by Crippen LogP contribution is -2.34. The van der Waals surface area contributed by atoms with Crippen molar-refractivity contribution in [1.29, 1.82) is 0 Å². The van der Waals surface area contributed by atoms with Gasteiger partial charge in [0.15, 0.2) is 0 Å². The average molecular weight is 302 g/mol. The summed E-state index contributed by atoms with van der Waals surface area (Å²) in [5.41, 5.74) is 5.96. The minimum absolute atomic E-state index is 0.00226. The van der Waals surface area contributed by atoms with Crippen molar-refractivity contribution in [2.75, 3.05) is 13.1 Å². The SMILES string of the molecule is NC1CCC2CN(S(=O)(=O)c3cc(F)ccc3F)CC12. The third-order valence-corrected chi connectivity index (χ3v) is 6.24. The second kappa shape index (κ2) is 4.75. The first-order valence-corrected chi connectivity index (χ1v) is 8.04. The van der Waals surface area contributed by atoms with Gasteiger partial charge in [0.05, 0.1) is 0 Å². The van der Waals surface area contributed by atoms with E-state index in [4.69, 9.17) is 5.73 Å². The molecule has 1 heterocycles. The first-order chi connectivity index (χ1) is 9.39. The predicted molar refractivity (Wildman–Crippen MR) is 69.3 cm³/mol. The summed E-state index contributed by atoms with van der Waals surface area (Å²) in [7, 11) is -3.99. The van der Waals surface area contributed by atoms with E-state index in [1.165, 1.54) is 4.31 Å². The topological polar surface area (TPSA) is 63.4 Å². The van der Waals surface area contributed by atoms with Crippen molar-refractivity contribution in [2.45, 2.75) is 23.8 Å². The molecule has 0 bridgehead atoms. The van der Waals surface area contributed by atoms with E-state index in [-0.39, 0.29) is 17.9 Å². The largest absolute Gasteiger partial charge is 0.327 e. The molecule has 1 aromatic rings. The smallest absolute Gasteiger partial charge is 0.246 e. The molecule has 0 amide bonds. The van der Waals surface area contributed by atoms with Crippen LogP contribution in [-0.2, 0) is 10.0 Å². The number of halogens is 2. The van der Waals surface area contributed by atoms with E-state index in [9.17, 15) is 17.2 Å². The fourth-order valence-corrected chi connectivity index (χ4v) is 4.89. The standard InChI is InChI=1S/C13H16F2N2O2S/c14-9-2-3-11(15)13(5-9)20(18,19)17-6-8-1-4-12(16)10(8)7-17/h2-3,5,8,10,12H,1,4,6-7,16H2. The minimum Gasteiger partial charge on any atom is -0.327 e. The molecule has 3 unspecified atom stereocenters. The first kappa shape index (κ1) is 13.9. The van der Waals surface area contributed by atoms with Crippen molar-refractivity contribution in [3.8, 4) is 0 Å². The van der Waals surface area contributed by atoms with Crippen LogP contribution in [0.2, 0.25) is 0 Å². The molecule has 4 nitrogen and oxygen atoms in total. The maximum Gasteiger partial charge on any atom is 0.246 e. The van der Waals surface area contributed by atoms with E-state index in [0.29, 0.717) is 13.1 Å². The van der Waals surface area contributed by atoms with Crippen LogP contribution in [0, 0.1) is 23.5 Å². The molecule has 1 aromatic carbocycles. The number of nitrogens with zero attached hydrogens (tertiary/aromatic N) is 1. The summed E-state index contributed by atoms with van der Waals surface area (Å²) in [5.74, 6) is -1.33. The van der Waals surface area contributed by atoms with Gasteiger partial charge in [0.2, 0.25) is 10.0 Å². The molecule has 20 heavy (non-hydrogen) atoms. The number of hydrogen-bond donors (Lipinski definition) is 1. The molecule has 1 aliphatic heterocycles. The second-order valence-electron chi connectivity index (χ2n) is 5.56. The molecule has 0 spiro atoms. The Morgan fingerprint density at radius 3 is 2.65 bits per heavy atom. The van der Waals surface area contributed by atoms with Crippen molar-refractivity contribution in [2.24, 2.45) is 17.6 Å². The van der Waals surface area contributed by atoms with Crippen LogP contribution in [0.3, 0.4) is 0 Å². The average Bonchev–Trinajstić information content (AvgIpc) is 2.95. The highest BCUT2D eigenvalue weighted by molar-refractivity contribution is 7.89. The normalized spacial score (nSPS) is 30.6. The van der Waals surface area contributed by atoms with Gasteiger partial charge >= 0.3 is 0 Å². The number of hydrogen-bond acceptors (Lipinski definition) is 3. The molecule has 2 N–H and O–H groups in total. The second-order valence-corrected chi connectivity index (χ2v) is 7.47. The predicted octanol–water partition coefficient (Wildman–Crippen LogP) is 1.32. The number of benzene rings is 1.